The molecule has 0 aliphatic carbocycles. The van der Waals surface area contributed by atoms with E-state index < -0.39 is 10.2 Å². The maximum atomic E-state index is 13.1. The zero-order valence-electron chi connectivity index (χ0n) is 17.1. The number of hydrogen-bond acceptors (Lipinski definition) is 7. The summed E-state index contributed by atoms with van der Waals surface area (Å²) in [5.41, 5.74) is 2.19. The van der Waals surface area contributed by atoms with Crippen LogP contribution >= 0.6 is 0 Å². The Labute approximate surface area is 175 Å². The molecule has 0 N–H and O–H groups in total. The van der Waals surface area contributed by atoms with Crippen molar-refractivity contribution in [3.8, 4) is 0 Å². The predicted molar refractivity (Wildman–Crippen MR) is 114 cm³/mol. The monoisotopic (exact) mass is 431 g/mol. The summed E-state index contributed by atoms with van der Waals surface area (Å²) >= 11 is 0. The van der Waals surface area contributed by atoms with Crippen LogP contribution in [0.3, 0.4) is 0 Å². The molecular formula is C20H25N5O4S. The van der Waals surface area contributed by atoms with E-state index >= 15 is 0 Å². The van der Waals surface area contributed by atoms with Crippen molar-refractivity contribution in [2.75, 3.05) is 44.2 Å². The van der Waals surface area contributed by atoms with Crippen molar-refractivity contribution in [2.24, 2.45) is 0 Å². The van der Waals surface area contributed by atoms with Gasteiger partial charge in [-0.15, -0.1) is 0 Å². The van der Waals surface area contributed by atoms with Gasteiger partial charge in [0.05, 0.1) is 12.2 Å². The minimum absolute atomic E-state index is 0.104. The zero-order chi connectivity index (χ0) is 20.9. The summed E-state index contributed by atoms with van der Waals surface area (Å²) < 4.78 is 41.1. The number of furan rings is 1. The highest BCUT2D eigenvalue weighted by atomic mass is 32.2. The molecule has 10 heteroatoms. The third-order valence-corrected chi connectivity index (χ3v) is 7.68. The van der Waals surface area contributed by atoms with Crippen LogP contribution in [0.5, 0.6) is 0 Å². The SMILES string of the molecule is C[C@@H]1CN(S(=O)(=O)N2CCN(c3ncnc4c3oc3ccccc34)CC2)C[C@H](C)O1. The molecule has 3 aromatic rings. The molecule has 0 bridgehead atoms. The van der Waals surface area contributed by atoms with Crippen LogP contribution in [0.2, 0.25) is 0 Å². The molecule has 0 amide bonds. The second-order valence-corrected chi connectivity index (χ2v) is 9.87. The molecule has 2 saturated heterocycles. The number of morpholine rings is 1. The Morgan fingerprint density at radius 1 is 0.967 bits per heavy atom. The van der Waals surface area contributed by atoms with E-state index in [-0.39, 0.29) is 12.2 Å². The van der Waals surface area contributed by atoms with E-state index in [0.29, 0.717) is 50.7 Å². The number of hydrogen-bond donors (Lipinski definition) is 0. The van der Waals surface area contributed by atoms with Crippen molar-refractivity contribution in [2.45, 2.75) is 26.1 Å². The number of anilines is 1. The van der Waals surface area contributed by atoms with Gasteiger partial charge >= 0.3 is 0 Å². The van der Waals surface area contributed by atoms with Crippen LogP contribution in [-0.2, 0) is 14.9 Å². The number of rotatable bonds is 3. The smallest absolute Gasteiger partial charge is 0.282 e. The van der Waals surface area contributed by atoms with Crippen molar-refractivity contribution < 1.29 is 17.6 Å². The molecular weight excluding hydrogens is 406 g/mol. The summed E-state index contributed by atoms with van der Waals surface area (Å²) in [7, 11) is -3.52. The van der Waals surface area contributed by atoms with Crippen molar-refractivity contribution in [1.82, 2.24) is 18.6 Å². The van der Waals surface area contributed by atoms with Gasteiger partial charge < -0.3 is 14.1 Å². The first kappa shape index (κ1) is 19.7. The molecule has 5 rings (SSSR count). The van der Waals surface area contributed by atoms with Crippen LogP contribution in [0.15, 0.2) is 35.0 Å². The van der Waals surface area contributed by atoms with Crippen LogP contribution in [0.1, 0.15) is 13.8 Å². The van der Waals surface area contributed by atoms with Crippen LogP contribution in [0.4, 0.5) is 5.82 Å². The Morgan fingerprint density at radius 3 is 2.40 bits per heavy atom. The van der Waals surface area contributed by atoms with Gasteiger partial charge in [-0.25, -0.2) is 9.97 Å². The zero-order valence-corrected chi connectivity index (χ0v) is 17.9. The van der Waals surface area contributed by atoms with Gasteiger partial charge in [-0.3, -0.25) is 0 Å². The third kappa shape index (κ3) is 3.33. The molecule has 9 nitrogen and oxygen atoms in total. The van der Waals surface area contributed by atoms with Crippen molar-refractivity contribution in [3.63, 3.8) is 0 Å². The highest BCUT2D eigenvalue weighted by Crippen LogP contribution is 2.32. The largest absolute Gasteiger partial charge is 0.450 e. The normalized spacial score (nSPS) is 24.7. The molecule has 30 heavy (non-hydrogen) atoms. The highest BCUT2D eigenvalue weighted by Gasteiger charge is 2.37. The van der Waals surface area contributed by atoms with Gasteiger partial charge in [-0.2, -0.15) is 17.0 Å². The first-order chi connectivity index (χ1) is 14.4. The van der Waals surface area contributed by atoms with Gasteiger partial charge in [0.2, 0.25) is 0 Å². The molecule has 0 saturated carbocycles. The first-order valence-corrected chi connectivity index (χ1v) is 11.6. The lowest BCUT2D eigenvalue weighted by Crippen LogP contribution is -2.57. The average Bonchev–Trinajstić information content (AvgIpc) is 3.12. The second-order valence-electron chi connectivity index (χ2n) is 7.94. The van der Waals surface area contributed by atoms with Crippen LogP contribution in [-0.4, -0.2) is 78.5 Å². The van der Waals surface area contributed by atoms with Gasteiger partial charge in [-0.1, -0.05) is 12.1 Å². The minimum Gasteiger partial charge on any atom is -0.450 e. The lowest BCUT2D eigenvalue weighted by molar-refractivity contribution is -0.0455. The molecule has 2 aliphatic heterocycles. The molecule has 0 spiro atoms. The molecule has 0 unspecified atom stereocenters. The van der Waals surface area contributed by atoms with Gasteiger partial charge in [0.15, 0.2) is 11.4 Å². The Balaban J connectivity index is 1.36. The van der Waals surface area contributed by atoms with Crippen molar-refractivity contribution in [3.05, 3.63) is 30.6 Å². The summed E-state index contributed by atoms with van der Waals surface area (Å²) in [6, 6.07) is 7.77. The van der Waals surface area contributed by atoms with E-state index in [2.05, 4.69) is 14.9 Å². The minimum atomic E-state index is -3.52. The standard InChI is InChI=1S/C20H25N5O4S/c1-14-11-25(12-15(2)28-14)30(26,27)24-9-7-23(8-10-24)20-19-18(21-13-22-20)16-5-3-4-6-17(16)29-19/h3-6,13-15H,7-12H2,1-2H3/t14-,15+. The summed E-state index contributed by atoms with van der Waals surface area (Å²) in [5, 5.41) is 0.952. The number of para-hydroxylation sites is 1. The fourth-order valence-electron chi connectivity index (χ4n) is 4.35. The number of nitrogens with zero attached hydrogens (tertiary/aromatic N) is 5. The quantitative estimate of drug-likeness (QED) is 0.625. The molecule has 160 valence electrons. The van der Waals surface area contributed by atoms with Crippen molar-refractivity contribution in [1.29, 1.82) is 0 Å². The van der Waals surface area contributed by atoms with Gasteiger partial charge in [0.25, 0.3) is 10.2 Å². The van der Waals surface area contributed by atoms with E-state index in [1.807, 2.05) is 38.1 Å². The van der Waals surface area contributed by atoms with Crippen molar-refractivity contribution >= 4 is 38.1 Å². The van der Waals surface area contributed by atoms with Gasteiger partial charge in [0.1, 0.15) is 17.4 Å². The lowest BCUT2D eigenvalue weighted by atomic mass is 10.2. The van der Waals surface area contributed by atoms with E-state index in [4.69, 9.17) is 9.15 Å². The molecule has 2 atom stereocenters. The van der Waals surface area contributed by atoms with E-state index in [9.17, 15) is 8.42 Å². The van der Waals surface area contributed by atoms with E-state index in [0.717, 1.165) is 16.5 Å². The molecule has 2 aromatic heterocycles. The fourth-order valence-corrected chi connectivity index (χ4v) is 6.10. The summed E-state index contributed by atoms with van der Waals surface area (Å²) in [6.07, 6.45) is 1.33. The number of piperazine rings is 1. The summed E-state index contributed by atoms with van der Waals surface area (Å²) in [6.45, 7) is 6.46. The Hall–Kier alpha value is -2.27. The summed E-state index contributed by atoms with van der Waals surface area (Å²) in [4.78, 5) is 10.9. The molecule has 1 aromatic carbocycles. The van der Waals surface area contributed by atoms with Crippen LogP contribution < -0.4 is 4.90 Å². The molecule has 2 fully saturated rings. The maximum Gasteiger partial charge on any atom is 0.282 e. The molecule has 0 radical (unpaired) electrons. The summed E-state index contributed by atoms with van der Waals surface area (Å²) in [5.74, 6) is 0.710. The third-order valence-electron chi connectivity index (χ3n) is 5.72. The second kappa shape index (κ2) is 7.45. The average molecular weight is 432 g/mol. The van der Waals surface area contributed by atoms with Gasteiger partial charge in [-0.05, 0) is 26.0 Å². The van der Waals surface area contributed by atoms with Crippen LogP contribution in [0, 0.1) is 0 Å². The Morgan fingerprint density at radius 2 is 1.67 bits per heavy atom. The number of fused-ring (bicyclic) bond motifs is 3. The number of aromatic nitrogens is 2. The fraction of sp³-hybridized carbons (Fsp3) is 0.500. The highest BCUT2D eigenvalue weighted by molar-refractivity contribution is 7.86. The lowest BCUT2D eigenvalue weighted by Gasteiger charge is -2.40. The Kier molecular flexibility index (Phi) is 4.89. The predicted octanol–water partition coefficient (Wildman–Crippen LogP) is 1.85. The topological polar surface area (TPSA) is 92.0 Å². The van der Waals surface area contributed by atoms with E-state index in [1.54, 1.807) is 14.9 Å². The first-order valence-electron chi connectivity index (χ1n) is 10.2. The number of ether oxygens (including phenoxy) is 1. The maximum absolute atomic E-state index is 13.1. The van der Waals surface area contributed by atoms with E-state index in [1.165, 1.54) is 0 Å². The Bertz CT molecular complexity index is 1160. The molecule has 4 heterocycles. The van der Waals surface area contributed by atoms with Gasteiger partial charge in [0, 0.05) is 44.7 Å². The molecule has 2 aliphatic rings. The van der Waals surface area contributed by atoms with Crippen LogP contribution in [0.25, 0.3) is 22.1 Å². The number of benzene rings is 1.